The molecule has 7 aromatic rings. The zero-order valence-electron chi connectivity index (χ0n) is 19.7. The molecule has 0 aliphatic rings. The van der Waals surface area contributed by atoms with Crippen LogP contribution in [0.2, 0.25) is 0 Å². The van der Waals surface area contributed by atoms with Crippen LogP contribution in [0.5, 0.6) is 0 Å². The van der Waals surface area contributed by atoms with Crippen molar-refractivity contribution in [2.24, 2.45) is 0 Å². The summed E-state index contributed by atoms with van der Waals surface area (Å²) < 4.78 is 2.47. The zero-order valence-corrected chi connectivity index (χ0v) is 20.6. The highest BCUT2D eigenvalue weighted by Gasteiger charge is 2.17. The molecule has 0 unspecified atom stereocenters. The minimum Gasteiger partial charge on any atom is -0.253 e. The SMILES string of the molecule is c1ccc(-c2nc(-c3cc(-c4ccccc4)c4c(c3)sc3ccccc34)nc(-c3ccccn3)n2)cc1. The van der Waals surface area contributed by atoms with Crippen LogP contribution in [0.25, 0.3) is 65.6 Å². The Morgan fingerprint density at radius 2 is 1.14 bits per heavy atom. The second-order valence-electron chi connectivity index (χ2n) is 8.75. The van der Waals surface area contributed by atoms with E-state index < -0.39 is 0 Å². The lowest BCUT2D eigenvalue weighted by atomic mass is 9.97. The number of rotatable bonds is 4. The van der Waals surface area contributed by atoms with Crippen LogP contribution in [-0.4, -0.2) is 19.9 Å². The Balaban J connectivity index is 1.51. The Hall–Kier alpha value is -4.74. The molecule has 4 aromatic carbocycles. The van der Waals surface area contributed by atoms with Gasteiger partial charge in [-0.15, -0.1) is 11.3 Å². The molecule has 5 heteroatoms. The highest BCUT2D eigenvalue weighted by atomic mass is 32.1. The molecule has 0 bridgehead atoms. The normalized spacial score (nSPS) is 11.2. The minimum absolute atomic E-state index is 0.558. The first-order chi connectivity index (χ1) is 18.3. The van der Waals surface area contributed by atoms with E-state index in [1.807, 2.05) is 54.6 Å². The number of hydrogen-bond donors (Lipinski definition) is 0. The van der Waals surface area contributed by atoms with Gasteiger partial charge in [-0.3, -0.25) is 4.98 Å². The van der Waals surface area contributed by atoms with Crippen LogP contribution >= 0.6 is 11.3 Å². The summed E-state index contributed by atoms with van der Waals surface area (Å²) in [6.07, 6.45) is 1.76. The molecule has 3 aromatic heterocycles. The first kappa shape index (κ1) is 21.5. The van der Waals surface area contributed by atoms with Gasteiger partial charge in [-0.25, -0.2) is 15.0 Å². The number of benzene rings is 4. The van der Waals surface area contributed by atoms with Crippen molar-refractivity contribution in [1.82, 2.24) is 19.9 Å². The Labute approximate surface area is 218 Å². The number of pyridine rings is 1. The molecule has 174 valence electrons. The fourth-order valence-corrected chi connectivity index (χ4v) is 5.83. The summed E-state index contributed by atoms with van der Waals surface area (Å²) in [6, 6.07) is 39.3. The van der Waals surface area contributed by atoms with Crippen molar-refractivity contribution >= 4 is 31.5 Å². The molecule has 0 saturated heterocycles. The Bertz CT molecular complexity index is 1810. The van der Waals surface area contributed by atoms with Crippen LogP contribution in [0.3, 0.4) is 0 Å². The van der Waals surface area contributed by atoms with Crippen molar-refractivity contribution < 1.29 is 0 Å². The van der Waals surface area contributed by atoms with Crippen molar-refractivity contribution in [1.29, 1.82) is 0 Å². The summed E-state index contributed by atoms with van der Waals surface area (Å²) >= 11 is 1.80. The molecule has 0 saturated carbocycles. The molecule has 0 spiro atoms. The van der Waals surface area contributed by atoms with E-state index in [9.17, 15) is 0 Å². The third-order valence-electron chi connectivity index (χ3n) is 6.38. The molecule has 0 amide bonds. The molecule has 37 heavy (non-hydrogen) atoms. The molecule has 0 aliphatic heterocycles. The van der Waals surface area contributed by atoms with Crippen LogP contribution in [0.1, 0.15) is 0 Å². The molecule has 7 rings (SSSR count). The Morgan fingerprint density at radius 1 is 0.486 bits per heavy atom. The molecule has 0 radical (unpaired) electrons. The maximum Gasteiger partial charge on any atom is 0.182 e. The van der Waals surface area contributed by atoms with E-state index in [1.54, 1.807) is 17.5 Å². The Kier molecular flexibility index (Phi) is 5.26. The van der Waals surface area contributed by atoms with E-state index in [1.165, 1.54) is 31.3 Å². The monoisotopic (exact) mass is 492 g/mol. The van der Waals surface area contributed by atoms with Gasteiger partial charge < -0.3 is 0 Å². The van der Waals surface area contributed by atoms with Gasteiger partial charge in [0, 0.05) is 37.5 Å². The van der Waals surface area contributed by atoms with Crippen molar-refractivity contribution in [3.05, 3.63) is 121 Å². The summed E-state index contributed by atoms with van der Waals surface area (Å²) in [5.41, 5.74) is 4.95. The zero-order chi connectivity index (χ0) is 24.6. The summed E-state index contributed by atoms with van der Waals surface area (Å²) in [6.45, 7) is 0. The molecule has 0 N–H and O–H groups in total. The van der Waals surface area contributed by atoms with Crippen LogP contribution in [-0.2, 0) is 0 Å². The standard InChI is InChI=1S/C32H20N4S/c1-3-11-21(12-4-1)25-19-23(20-28-29(25)24-15-7-8-17-27(24)37-28)31-34-30(22-13-5-2-6-14-22)35-32(36-31)26-16-9-10-18-33-26/h1-20H. The topological polar surface area (TPSA) is 51.6 Å². The van der Waals surface area contributed by atoms with Crippen LogP contribution < -0.4 is 0 Å². The van der Waals surface area contributed by atoms with Gasteiger partial charge >= 0.3 is 0 Å². The van der Waals surface area contributed by atoms with Crippen molar-refractivity contribution in [3.8, 4) is 45.4 Å². The number of fused-ring (bicyclic) bond motifs is 3. The average molecular weight is 493 g/mol. The van der Waals surface area contributed by atoms with Gasteiger partial charge in [0.2, 0.25) is 0 Å². The van der Waals surface area contributed by atoms with Crippen molar-refractivity contribution in [2.75, 3.05) is 0 Å². The first-order valence-corrected chi connectivity index (χ1v) is 12.9. The fraction of sp³-hybridized carbons (Fsp3) is 0. The van der Waals surface area contributed by atoms with Crippen LogP contribution in [0, 0.1) is 0 Å². The van der Waals surface area contributed by atoms with Crippen molar-refractivity contribution in [2.45, 2.75) is 0 Å². The van der Waals surface area contributed by atoms with E-state index in [4.69, 9.17) is 15.0 Å². The molecule has 0 aliphatic carbocycles. The summed E-state index contributed by atoms with van der Waals surface area (Å²) in [5, 5.41) is 2.53. The smallest absolute Gasteiger partial charge is 0.182 e. The molecular weight excluding hydrogens is 472 g/mol. The molecule has 0 atom stereocenters. The van der Waals surface area contributed by atoms with Gasteiger partial charge in [0.05, 0.1) is 0 Å². The van der Waals surface area contributed by atoms with Gasteiger partial charge in [0.25, 0.3) is 0 Å². The number of nitrogens with zero attached hydrogens (tertiary/aromatic N) is 4. The second kappa shape index (κ2) is 9.04. The molecule has 3 heterocycles. The third-order valence-corrected chi connectivity index (χ3v) is 7.50. The van der Waals surface area contributed by atoms with E-state index in [2.05, 4.69) is 65.6 Å². The second-order valence-corrected chi connectivity index (χ2v) is 9.83. The average Bonchev–Trinajstić information content (AvgIpc) is 3.36. The maximum absolute atomic E-state index is 4.95. The lowest BCUT2D eigenvalue weighted by Crippen LogP contribution is -2.01. The number of aromatic nitrogens is 4. The Morgan fingerprint density at radius 3 is 1.89 bits per heavy atom. The highest BCUT2D eigenvalue weighted by molar-refractivity contribution is 7.26. The largest absolute Gasteiger partial charge is 0.253 e. The summed E-state index contributed by atoms with van der Waals surface area (Å²) in [7, 11) is 0. The van der Waals surface area contributed by atoms with Crippen LogP contribution in [0.15, 0.2) is 121 Å². The van der Waals surface area contributed by atoms with Gasteiger partial charge in [0.1, 0.15) is 5.69 Å². The molecular formula is C32H20N4S. The van der Waals surface area contributed by atoms with E-state index >= 15 is 0 Å². The summed E-state index contributed by atoms with van der Waals surface area (Å²) in [5.74, 6) is 1.82. The fourth-order valence-electron chi connectivity index (χ4n) is 4.66. The van der Waals surface area contributed by atoms with E-state index in [0.29, 0.717) is 17.5 Å². The lowest BCUT2D eigenvalue weighted by Gasteiger charge is -2.11. The predicted molar refractivity (Wildman–Crippen MR) is 152 cm³/mol. The van der Waals surface area contributed by atoms with E-state index in [-0.39, 0.29) is 0 Å². The quantitative estimate of drug-likeness (QED) is 0.248. The predicted octanol–water partition coefficient (Wildman–Crippen LogP) is 8.30. The van der Waals surface area contributed by atoms with Crippen molar-refractivity contribution in [3.63, 3.8) is 0 Å². The van der Waals surface area contributed by atoms with Gasteiger partial charge in [-0.05, 0) is 41.5 Å². The lowest BCUT2D eigenvalue weighted by molar-refractivity contribution is 1.06. The third kappa shape index (κ3) is 3.96. The highest BCUT2D eigenvalue weighted by Crippen LogP contribution is 2.42. The first-order valence-electron chi connectivity index (χ1n) is 12.1. The van der Waals surface area contributed by atoms with E-state index in [0.717, 1.165) is 16.8 Å². The van der Waals surface area contributed by atoms with Gasteiger partial charge in [0.15, 0.2) is 17.5 Å². The number of thiophene rings is 1. The number of hydrogen-bond acceptors (Lipinski definition) is 5. The maximum atomic E-state index is 4.95. The van der Waals surface area contributed by atoms with Gasteiger partial charge in [-0.1, -0.05) is 84.9 Å². The van der Waals surface area contributed by atoms with Gasteiger partial charge in [-0.2, -0.15) is 0 Å². The van der Waals surface area contributed by atoms with Crippen LogP contribution in [0.4, 0.5) is 0 Å². The minimum atomic E-state index is 0.558. The summed E-state index contributed by atoms with van der Waals surface area (Å²) in [4.78, 5) is 19.2. The molecule has 0 fully saturated rings. The molecule has 4 nitrogen and oxygen atoms in total.